The fourth-order valence-electron chi connectivity index (χ4n) is 3.76. The molecular weight excluding hydrogens is 613 g/mol. The third-order valence-electron chi connectivity index (χ3n) is 5.53. The lowest BCUT2D eigenvalue weighted by Gasteiger charge is -2.13. The largest absolute Gasteiger partial charge is 0.497 e. The van der Waals surface area contributed by atoms with Crippen molar-refractivity contribution in [3.05, 3.63) is 99.6 Å². The zero-order chi connectivity index (χ0) is 26.2. The van der Waals surface area contributed by atoms with Gasteiger partial charge < -0.3 is 4.74 Å². The molecule has 0 N–H and O–H groups in total. The Balaban J connectivity index is 1.74. The Morgan fingerprint density at radius 1 is 0.730 bits per heavy atom. The summed E-state index contributed by atoms with van der Waals surface area (Å²) in [5.74, 6) is 0.383. The van der Waals surface area contributed by atoms with Crippen LogP contribution in [-0.2, 0) is 6.18 Å². The fraction of sp³-hybridized carbons (Fsp3) is 0.0741. The van der Waals surface area contributed by atoms with E-state index in [1.165, 1.54) is 11.8 Å². The van der Waals surface area contributed by atoms with Crippen LogP contribution < -0.4 is 4.74 Å². The molecule has 2 aromatic heterocycles. The van der Waals surface area contributed by atoms with Crippen LogP contribution in [0.15, 0.2) is 93.9 Å². The Morgan fingerprint density at radius 2 is 1.38 bits per heavy atom. The van der Waals surface area contributed by atoms with Gasteiger partial charge in [0.05, 0.1) is 24.2 Å². The Morgan fingerprint density at radius 3 is 2.00 bits per heavy atom. The molecule has 0 aliphatic heterocycles. The van der Waals surface area contributed by atoms with E-state index in [0.29, 0.717) is 22.7 Å². The summed E-state index contributed by atoms with van der Waals surface area (Å²) in [6.45, 7) is 0. The molecule has 5 rings (SSSR count). The topological polar surface area (TPSA) is 52.8 Å². The van der Waals surface area contributed by atoms with Crippen molar-refractivity contribution in [2.45, 2.75) is 6.18 Å². The van der Waals surface area contributed by atoms with Crippen molar-refractivity contribution in [1.29, 1.82) is 0 Å². The number of halogens is 5. The van der Waals surface area contributed by atoms with Crippen molar-refractivity contribution in [2.75, 3.05) is 7.11 Å². The zero-order valence-electron chi connectivity index (χ0n) is 19.2. The number of hydrogen-bond acceptors (Lipinski definition) is 4. The lowest BCUT2D eigenvalue weighted by molar-refractivity contribution is -0.141. The molecule has 0 saturated carbocycles. The molecule has 10 heteroatoms. The monoisotopic (exact) mass is 628 g/mol. The van der Waals surface area contributed by atoms with Gasteiger partial charge in [-0.25, -0.2) is 9.97 Å². The van der Waals surface area contributed by atoms with Crippen LogP contribution in [0.4, 0.5) is 13.2 Å². The third-order valence-corrected chi connectivity index (χ3v) is 6.52. The minimum absolute atomic E-state index is 0.111. The normalized spacial score (nSPS) is 11.5. The smallest absolute Gasteiger partial charge is 0.433 e. The van der Waals surface area contributed by atoms with E-state index in [-0.39, 0.29) is 11.6 Å². The van der Waals surface area contributed by atoms with Gasteiger partial charge in [0.15, 0.2) is 5.69 Å². The van der Waals surface area contributed by atoms with E-state index in [0.717, 1.165) is 26.1 Å². The van der Waals surface area contributed by atoms with Crippen LogP contribution in [0.2, 0.25) is 0 Å². The number of methoxy groups -OCH3 is 1. The number of aromatic nitrogens is 4. The first-order chi connectivity index (χ1) is 17.7. The van der Waals surface area contributed by atoms with Gasteiger partial charge in [0.2, 0.25) is 0 Å². The van der Waals surface area contributed by atoms with Gasteiger partial charge in [0.1, 0.15) is 5.75 Å². The molecule has 0 spiro atoms. The average molecular weight is 630 g/mol. The van der Waals surface area contributed by atoms with Gasteiger partial charge in [-0.2, -0.15) is 23.0 Å². The molecule has 0 radical (unpaired) electrons. The molecule has 0 saturated heterocycles. The summed E-state index contributed by atoms with van der Waals surface area (Å²) in [6.07, 6.45) is -4.69. The molecular formula is C27H17Br2F3N4O. The molecule has 0 aliphatic rings. The van der Waals surface area contributed by atoms with Crippen molar-refractivity contribution in [3.63, 3.8) is 0 Å². The number of alkyl halides is 3. The molecule has 2 heterocycles. The quantitative estimate of drug-likeness (QED) is 0.197. The van der Waals surface area contributed by atoms with E-state index >= 15 is 0 Å². The Kier molecular flexibility index (Phi) is 6.87. The van der Waals surface area contributed by atoms with Crippen molar-refractivity contribution < 1.29 is 17.9 Å². The molecule has 0 aliphatic carbocycles. The number of benzene rings is 3. The minimum Gasteiger partial charge on any atom is -0.497 e. The molecule has 5 aromatic rings. The summed E-state index contributed by atoms with van der Waals surface area (Å²) in [6, 6.07) is 24.3. The summed E-state index contributed by atoms with van der Waals surface area (Å²) in [7, 11) is 1.52. The summed E-state index contributed by atoms with van der Waals surface area (Å²) in [5, 5.41) is 4.65. The van der Waals surface area contributed by atoms with Crippen LogP contribution >= 0.6 is 31.9 Å². The van der Waals surface area contributed by atoms with E-state index in [9.17, 15) is 13.2 Å². The molecule has 0 unspecified atom stereocenters. The highest BCUT2D eigenvalue weighted by Crippen LogP contribution is 2.34. The van der Waals surface area contributed by atoms with Crippen LogP contribution in [0.5, 0.6) is 5.75 Å². The molecule has 186 valence electrons. The molecule has 0 amide bonds. The second-order valence-corrected chi connectivity index (χ2v) is 9.84. The summed E-state index contributed by atoms with van der Waals surface area (Å²) >= 11 is 6.93. The molecule has 5 nitrogen and oxygen atoms in total. The van der Waals surface area contributed by atoms with Gasteiger partial charge >= 0.3 is 6.18 Å². The first-order valence-electron chi connectivity index (χ1n) is 10.9. The van der Waals surface area contributed by atoms with Gasteiger partial charge in [-0.1, -0.05) is 56.1 Å². The lowest BCUT2D eigenvalue weighted by Crippen LogP contribution is -2.14. The first kappa shape index (κ1) is 25.2. The predicted octanol–water partition coefficient (Wildman–Crippen LogP) is 8.22. The highest BCUT2D eigenvalue weighted by molar-refractivity contribution is 9.10. The average Bonchev–Trinajstić information content (AvgIpc) is 3.34. The Hall–Kier alpha value is -3.50. The highest BCUT2D eigenvalue weighted by atomic mass is 79.9. The predicted molar refractivity (Wildman–Crippen MR) is 142 cm³/mol. The van der Waals surface area contributed by atoms with Crippen LogP contribution in [-0.4, -0.2) is 26.9 Å². The molecule has 0 bridgehead atoms. The summed E-state index contributed by atoms with van der Waals surface area (Å²) in [5.41, 5.74) is 2.14. The Labute approximate surface area is 227 Å². The van der Waals surface area contributed by atoms with Crippen LogP contribution in [0.1, 0.15) is 5.69 Å². The molecule has 0 fully saturated rings. The first-order valence-corrected chi connectivity index (χ1v) is 12.5. The number of hydrogen-bond donors (Lipinski definition) is 0. The maximum Gasteiger partial charge on any atom is 0.433 e. The Bertz CT molecular complexity index is 1580. The van der Waals surface area contributed by atoms with E-state index < -0.39 is 11.9 Å². The third kappa shape index (κ3) is 5.45. The summed E-state index contributed by atoms with van der Waals surface area (Å²) in [4.78, 5) is 8.39. The minimum atomic E-state index is -4.69. The standard InChI is InChI=1S/C27H17Br2F3N4O/c1-37-21-10-8-16(9-11-21)22-15-25(27(30,31)32)34-26(33-22)36-24(18-5-3-7-20(29)13-18)14-23(35-36)17-4-2-6-19(28)12-17/h2-15H,1H3. The number of rotatable bonds is 5. The van der Waals surface area contributed by atoms with Gasteiger partial charge in [-0.05, 0) is 60.7 Å². The van der Waals surface area contributed by atoms with Crippen molar-refractivity contribution >= 4 is 31.9 Å². The van der Waals surface area contributed by atoms with Crippen LogP contribution in [0, 0.1) is 0 Å². The van der Waals surface area contributed by atoms with Crippen molar-refractivity contribution in [2.24, 2.45) is 0 Å². The number of ether oxygens (including phenoxy) is 1. The van der Waals surface area contributed by atoms with E-state index in [2.05, 4.69) is 46.9 Å². The van der Waals surface area contributed by atoms with E-state index in [4.69, 9.17) is 4.74 Å². The lowest BCUT2D eigenvalue weighted by atomic mass is 10.1. The SMILES string of the molecule is COc1ccc(-c2cc(C(F)(F)F)nc(-n3nc(-c4cccc(Br)c4)cc3-c3cccc(Br)c3)n2)cc1. The van der Waals surface area contributed by atoms with Crippen molar-refractivity contribution in [1.82, 2.24) is 19.7 Å². The molecule has 37 heavy (non-hydrogen) atoms. The van der Waals surface area contributed by atoms with E-state index in [1.54, 1.807) is 30.3 Å². The van der Waals surface area contributed by atoms with Crippen molar-refractivity contribution in [3.8, 4) is 45.5 Å². The highest BCUT2D eigenvalue weighted by Gasteiger charge is 2.34. The molecule has 0 atom stereocenters. The van der Waals surface area contributed by atoms with Gasteiger partial charge in [-0.3, -0.25) is 0 Å². The second-order valence-electron chi connectivity index (χ2n) is 8.01. The second kappa shape index (κ2) is 10.1. The van der Waals surface area contributed by atoms with Crippen LogP contribution in [0.25, 0.3) is 39.7 Å². The van der Waals surface area contributed by atoms with E-state index in [1.807, 2.05) is 48.5 Å². The van der Waals surface area contributed by atoms with Gasteiger partial charge in [0, 0.05) is 25.6 Å². The van der Waals surface area contributed by atoms with Crippen LogP contribution in [0.3, 0.4) is 0 Å². The molecule has 3 aromatic carbocycles. The maximum atomic E-state index is 13.9. The van der Waals surface area contributed by atoms with Gasteiger partial charge in [-0.15, -0.1) is 0 Å². The summed E-state index contributed by atoms with van der Waals surface area (Å²) < 4.78 is 50.0. The zero-order valence-corrected chi connectivity index (χ0v) is 22.3. The number of nitrogens with zero attached hydrogens (tertiary/aromatic N) is 4. The fourth-order valence-corrected chi connectivity index (χ4v) is 4.56. The maximum absolute atomic E-state index is 13.9. The van der Waals surface area contributed by atoms with Gasteiger partial charge in [0.25, 0.3) is 5.95 Å².